The lowest BCUT2D eigenvalue weighted by atomic mass is 10.2. The molecule has 10 nitrogen and oxygen atoms in total. The fourth-order valence-corrected chi connectivity index (χ4v) is 15.4. The Hall–Kier alpha value is -3.47. The average Bonchev–Trinajstić information content (AvgIpc) is 2.95. The van der Waals surface area contributed by atoms with E-state index in [9.17, 15) is 26.4 Å². The van der Waals surface area contributed by atoms with Gasteiger partial charge in [0.1, 0.15) is 0 Å². The molecule has 2 aliphatic heterocycles. The van der Waals surface area contributed by atoms with Crippen molar-refractivity contribution in [2.24, 2.45) is 0 Å². The summed E-state index contributed by atoms with van der Waals surface area (Å²) in [4.78, 5) is 30.5. The second kappa shape index (κ2) is 11.2. The lowest BCUT2D eigenvalue weighted by Crippen LogP contribution is -2.64. The Kier molecular flexibility index (Phi) is 8.10. The number of sulfonamides is 2. The predicted octanol–water partition coefficient (Wildman–Crippen LogP) is 5.14. The SMILES string of the molecule is Cc1ccc(S(=O)(=O)N2C[Si](C)(C)CN(c3ccc(N4C[Si](C)(C)CN(S(=O)(=O)c5ccc(C)cc5)C4=O)cc3)C2=O)cc1. The average molecular weight is 671 g/mol. The molecule has 0 N–H and O–H groups in total. The summed E-state index contributed by atoms with van der Waals surface area (Å²) in [6, 6.07) is 18.4. The second-order valence-electron chi connectivity index (χ2n) is 13.2. The van der Waals surface area contributed by atoms with E-state index in [0.29, 0.717) is 23.7 Å². The smallest absolute Gasteiger partial charge is 0.296 e. The van der Waals surface area contributed by atoms with Crippen molar-refractivity contribution >= 4 is 59.6 Å². The van der Waals surface area contributed by atoms with Crippen LogP contribution in [0.15, 0.2) is 82.6 Å². The topological polar surface area (TPSA) is 115 Å². The number of hydrogen-bond acceptors (Lipinski definition) is 6. The largest absolute Gasteiger partial charge is 0.337 e. The van der Waals surface area contributed by atoms with E-state index >= 15 is 0 Å². The minimum Gasteiger partial charge on any atom is -0.296 e. The van der Waals surface area contributed by atoms with Crippen molar-refractivity contribution in [1.29, 1.82) is 0 Å². The van der Waals surface area contributed by atoms with E-state index in [2.05, 4.69) is 0 Å². The number of nitrogens with zero attached hydrogens (tertiary/aromatic N) is 4. The van der Waals surface area contributed by atoms with E-state index in [1.54, 1.807) is 48.5 Å². The Morgan fingerprint density at radius 1 is 0.500 bits per heavy atom. The van der Waals surface area contributed by atoms with Crippen LogP contribution in [0.1, 0.15) is 11.1 Å². The van der Waals surface area contributed by atoms with Crippen molar-refractivity contribution in [2.75, 3.05) is 34.5 Å². The van der Waals surface area contributed by atoms with E-state index < -0.39 is 48.3 Å². The molecule has 0 aliphatic carbocycles. The van der Waals surface area contributed by atoms with Gasteiger partial charge in [0.15, 0.2) is 0 Å². The number of hydrogen-bond donors (Lipinski definition) is 0. The minimum absolute atomic E-state index is 0.0685. The number of carbonyl (C=O) groups is 2. The summed E-state index contributed by atoms with van der Waals surface area (Å²) in [5.74, 6) is 0. The lowest BCUT2D eigenvalue weighted by Gasteiger charge is -2.43. The van der Waals surface area contributed by atoms with Crippen molar-refractivity contribution < 1.29 is 26.4 Å². The van der Waals surface area contributed by atoms with Crippen LogP contribution in [-0.4, -0.2) is 78.3 Å². The molecule has 44 heavy (non-hydrogen) atoms. The van der Waals surface area contributed by atoms with Crippen molar-refractivity contribution in [3.05, 3.63) is 83.9 Å². The molecule has 0 atom stereocenters. The molecule has 4 amide bonds. The summed E-state index contributed by atoms with van der Waals surface area (Å²) < 4.78 is 56.2. The first-order chi connectivity index (χ1) is 20.4. The molecule has 0 aromatic heterocycles. The standard InChI is InChI=1S/C30H38N4O6S2Si2/c1-23-7-15-27(16-8-23)41(37,38)33-21-43(3,4)19-31(29(33)35)25-11-13-26(14-12-25)32-20-44(5,6)22-34(30(32)36)42(39,40)28-17-9-24(2)10-18-28/h7-18H,19-22H2,1-6H3. The summed E-state index contributed by atoms with van der Waals surface area (Å²) in [7, 11) is -12.6. The van der Waals surface area contributed by atoms with Gasteiger partial charge in [0.05, 0.1) is 25.9 Å². The van der Waals surface area contributed by atoms with Crippen LogP contribution >= 0.6 is 0 Å². The molecule has 14 heteroatoms. The monoisotopic (exact) mass is 670 g/mol. The number of carbonyl (C=O) groups excluding carboxylic acids is 2. The highest BCUT2D eigenvalue weighted by atomic mass is 32.2. The molecular formula is C30H38N4O6S2Si2. The molecule has 5 rings (SSSR count). The van der Waals surface area contributed by atoms with Gasteiger partial charge in [0, 0.05) is 36.0 Å². The van der Waals surface area contributed by atoms with Gasteiger partial charge in [-0.3, -0.25) is 9.80 Å². The van der Waals surface area contributed by atoms with Crippen LogP contribution in [0.5, 0.6) is 0 Å². The highest BCUT2D eigenvalue weighted by molar-refractivity contribution is 7.90. The summed E-state index contributed by atoms with van der Waals surface area (Å²) >= 11 is 0. The molecule has 2 saturated heterocycles. The molecule has 0 unspecified atom stereocenters. The first-order valence-electron chi connectivity index (χ1n) is 14.3. The molecule has 0 saturated carbocycles. The maximum atomic E-state index is 13.7. The van der Waals surface area contributed by atoms with Crippen LogP contribution in [0.3, 0.4) is 0 Å². The fraction of sp³-hybridized carbons (Fsp3) is 0.333. The van der Waals surface area contributed by atoms with E-state index in [1.165, 1.54) is 34.1 Å². The first kappa shape index (κ1) is 31.9. The van der Waals surface area contributed by atoms with E-state index in [4.69, 9.17) is 0 Å². The van der Waals surface area contributed by atoms with Gasteiger partial charge in [-0.15, -0.1) is 0 Å². The molecule has 3 aromatic carbocycles. The van der Waals surface area contributed by atoms with Gasteiger partial charge in [0.25, 0.3) is 20.0 Å². The maximum absolute atomic E-state index is 13.7. The van der Waals surface area contributed by atoms with Crippen LogP contribution in [0.25, 0.3) is 0 Å². The Morgan fingerprint density at radius 3 is 1.09 bits per heavy atom. The van der Waals surface area contributed by atoms with Crippen molar-refractivity contribution in [1.82, 2.24) is 8.61 Å². The number of anilines is 2. The molecule has 234 valence electrons. The van der Waals surface area contributed by atoms with Crippen LogP contribution in [0.2, 0.25) is 26.2 Å². The normalized spacial score (nSPS) is 19.0. The van der Waals surface area contributed by atoms with Crippen LogP contribution in [0.4, 0.5) is 21.0 Å². The van der Waals surface area contributed by atoms with Gasteiger partial charge in [0.2, 0.25) is 0 Å². The third-order valence-electron chi connectivity index (χ3n) is 7.90. The van der Waals surface area contributed by atoms with Crippen LogP contribution in [0, 0.1) is 13.8 Å². The summed E-state index contributed by atoms with van der Waals surface area (Å²) in [5.41, 5.74) is 2.85. The van der Waals surface area contributed by atoms with Gasteiger partial charge < -0.3 is 0 Å². The Bertz CT molecular complexity index is 1680. The molecule has 2 aliphatic rings. The molecule has 2 fully saturated rings. The number of rotatable bonds is 6. The quantitative estimate of drug-likeness (QED) is 0.336. The van der Waals surface area contributed by atoms with Crippen molar-refractivity contribution in [3.63, 3.8) is 0 Å². The minimum atomic E-state index is -4.06. The molecule has 0 radical (unpaired) electrons. The van der Waals surface area contributed by atoms with Crippen LogP contribution < -0.4 is 9.80 Å². The summed E-state index contributed by atoms with van der Waals surface area (Å²) in [6.07, 6.45) is 1.19. The fourth-order valence-electron chi connectivity index (χ4n) is 5.54. The second-order valence-corrected chi connectivity index (χ2v) is 26.9. The molecule has 2 heterocycles. The van der Waals surface area contributed by atoms with Gasteiger partial charge in [-0.2, -0.15) is 0 Å². The predicted molar refractivity (Wildman–Crippen MR) is 177 cm³/mol. The van der Waals surface area contributed by atoms with Crippen LogP contribution in [-0.2, 0) is 20.0 Å². The van der Waals surface area contributed by atoms with Gasteiger partial charge >= 0.3 is 12.1 Å². The highest BCUT2D eigenvalue weighted by Gasteiger charge is 2.46. The van der Waals surface area contributed by atoms with Gasteiger partial charge in [-0.25, -0.2) is 35.0 Å². The third-order valence-corrected chi connectivity index (χ3v) is 16.5. The Morgan fingerprint density at radius 2 is 0.795 bits per heavy atom. The number of aryl methyl sites for hydroxylation is 2. The zero-order valence-corrected chi connectivity index (χ0v) is 29.4. The Labute approximate surface area is 262 Å². The first-order valence-corrected chi connectivity index (χ1v) is 24.0. The lowest BCUT2D eigenvalue weighted by molar-refractivity contribution is 0.230. The molecule has 3 aromatic rings. The van der Waals surface area contributed by atoms with Crippen molar-refractivity contribution in [2.45, 2.75) is 49.8 Å². The number of benzene rings is 3. The zero-order chi connectivity index (χ0) is 32.2. The Balaban J connectivity index is 1.44. The maximum Gasteiger partial charge on any atom is 0.337 e. The number of urea groups is 2. The van der Waals surface area contributed by atoms with Crippen molar-refractivity contribution in [3.8, 4) is 0 Å². The van der Waals surface area contributed by atoms with Gasteiger partial charge in [-0.1, -0.05) is 61.6 Å². The summed E-state index contributed by atoms with van der Waals surface area (Å²) in [5, 5.41) is 0. The summed E-state index contributed by atoms with van der Waals surface area (Å²) in [6.45, 7) is 11.9. The molecule has 0 bridgehead atoms. The van der Waals surface area contributed by atoms with E-state index in [0.717, 1.165) is 19.7 Å². The molecule has 0 spiro atoms. The molecular weight excluding hydrogens is 633 g/mol. The third kappa shape index (κ3) is 6.07. The number of amides is 4. The van der Waals surface area contributed by atoms with E-state index in [1.807, 2.05) is 40.0 Å². The van der Waals surface area contributed by atoms with E-state index in [-0.39, 0.29) is 22.1 Å². The highest BCUT2D eigenvalue weighted by Crippen LogP contribution is 2.32. The zero-order valence-electron chi connectivity index (χ0n) is 25.8. The van der Waals surface area contributed by atoms with Gasteiger partial charge in [-0.05, 0) is 62.4 Å².